The van der Waals surface area contributed by atoms with Crippen LogP contribution in [-0.4, -0.2) is 18.3 Å². The molecule has 100 valence electrons. The molecule has 0 saturated carbocycles. The van der Waals surface area contributed by atoms with Crippen LogP contribution in [0.1, 0.15) is 33.3 Å². The molecule has 0 aromatic heterocycles. The number of nitriles is 1. The van der Waals surface area contributed by atoms with Crippen molar-refractivity contribution >= 4 is 35.8 Å². The van der Waals surface area contributed by atoms with Gasteiger partial charge in [-0.15, -0.1) is 0 Å². The highest BCUT2D eigenvalue weighted by atomic mass is 35.5. The first-order valence-corrected chi connectivity index (χ1v) is 6.68. The van der Waals surface area contributed by atoms with Gasteiger partial charge < -0.3 is 9.31 Å². The Morgan fingerprint density at radius 3 is 2.00 bits per heavy atom. The van der Waals surface area contributed by atoms with Crippen LogP contribution in [0.25, 0.3) is 0 Å². The summed E-state index contributed by atoms with van der Waals surface area (Å²) in [7, 11) is -0.616. The van der Waals surface area contributed by atoms with E-state index in [0.717, 1.165) is 0 Å². The van der Waals surface area contributed by atoms with Crippen LogP contribution in [0.15, 0.2) is 12.1 Å². The summed E-state index contributed by atoms with van der Waals surface area (Å²) in [4.78, 5) is 0. The molecule has 2 rings (SSSR count). The SMILES string of the molecule is CC1(C)OB(c2cc(Cl)c(Cl)cc2C#N)OC1(C)C. The average Bonchev–Trinajstić information content (AvgIpc) is 2.51. The molecule has 1 aromatic rings. The zero-order chi connectivity index (χ0) is 14.4. The molecule has 0 bridgehead atoms. The lowest BCUT2D eigenvalue weighted by Gasteiger charge is -2.32. The van der Waals surface area contributed by atoms with Gasteiger partial charge in [-0.2, -0.15) is 5.26 Å². The topological polar surface area (TPSA) is 42.2 Å². The van der Waals surface area contributed by atoms with E-state index in [2.05, 4.69) is 6.07 Å². The molecule has 1 heterocycles. The van der Waals surface area contributed by atoms with E-state index in [1.54, 1.807) is 6.07 Å². The third-order valence-corrected chi connectivity index (χ3v) is 4.44. The minimum atomic E-state index is -0.616. The van der Waals surface area contributed by atoms with Gasteiger partial charge in [0.25, 0.3) is 0 Å². The van der Waals surface area contributed by atoms with Gasteiger partial charge in [-0.1, -0.05) is 23.2 Å². The van der Waals surface area contributed by atoms with E-state index in [-0.39, 0.29) is 0 Å². The molecule has 1 aliphatic heterocycles. The van der Waals surface area contributed by atoms with Crippen molar-refractivity contribution in [1.82, 2.24) is 0 Å². The number of hydrogen-bond acceptors (Lipinski definition) is 3. The molecule has 0 amide bonds. The molecule has 1 saturated heterocycles. The molecule has 0 atom stereocenters. The largest absolute Gasteiger partial charge is 0.496 e. The summed E-state index contributed by atoms with van der Waals surface area (Å²) in [6, 6.07) is 5.25. The number of benzene rings is 1. The van der Waals surface area contributed by atoms with Crippen LogP contribution in [-0.2, 0) is 9.31 Å². The second-order valence-corrected chi connectivity index (χ2v) is 6.37. The van der Waals surface area contributed by atoms with E-state index in [4.69, 9.17) is 32.5 Å². The van der Waals surface area contributed by atoms with Gasteiger partial charge in [0, 0.05) is 5.46 Å². The second-order valence-electron chi connectivity index (χ2n) is 5.55. The monoisotopic (exact) mass is 297 g/mol. The summed E-state index contributed by atoms with van der Waals surface area (Å²) >= 11 is 11.9. The molecule has 0 N–H and O–H groups in total. The molecule has 3 nitrogen and oxygen atoms in total. The van der Waals surface area contributed by atoms with Gasteiger partial charge in [0.1, 0.15) is 0 Å². The molecule has 1 aromatic carbocycles. The van der Waals surface area contributed by atoms with E-state index in [9.17, 15) is 5.26 Å². The fourth-order valence-corrected chi connectivity index (χ4v) is 2.16. The van der Waals surface area contributed by atoms with Crippen molar-refractivity contribution in [3.8, 4) is 6.07 Å². The second kappa shape index (κ2) is 4.68. The molecular formula is C13H14BCl2NO2. The predicted octanol–water partition coefficient (Wildman–Crippen LogP) is 3.16. The van der Waals surface area contributed by atoms with Gasteiger partial charge >= 0.3 is 7.12 Å². The number of nitrogens with zero attached hydrogens (tertiary/aromatic N) is 1. The molecule has 0 unspecified atom stereocenters. The summed E-state index contributed by atoms with van der Waals surface area (Å²) in [6.45, 7) is 7.82. The van der Waals surface area contributed by atoms with Gasteiger partial charge in [-0.25, -0.2) is 0 Å². The third-order valence-electron chi connectivity index (χ3n) is 3.72. The zero-order valence-electron chi connectivity index (χ0n) is 11.3. The molecule has 1 fully saturated rings. The lowest BCUT2D eigenvalue weighted by Crippen LogP contribution is -2.41. The number of hydrogen-bond donors (Lipinski definition) is 0. The standard InChI is InChI=1S/C13H14BCl2NO2/c1-12(2)13(3,4)19-14(18-12)9-6-11(16)10(15)5-8(9)7-17/h5-6H,1-4H3. The van der Waals surface area contributed by atoms with Crippen LogP contribution < -0.4 is 5.46 Å². The minimum absolute atomic E-state index is 0.346. The van der Waals surface area contributed by atoms with Crippen LogP contribution >= 0.6 is 23.2 Å². The lowest BCUT2D eigenvalue weighted by atomic mass is 9.76. The van der Waals surface area contributed by atoms with Crippen molar-refractivity contribution in [3.05, 3.63) is 27.7 Å². The van der Waals surface area contributed by atoms with Crippen molar-refractivity contribution in [2.45, 2.75) is 38.9 Å². The van der Waals surface area contributed by atoms with Gasteiger partial charge in [-0.05, 0) is 39.8 Å². The maximum absolute atomic E-state index is 9.19. The predicted molar refractivity (Wildman–Crippen MR) is 76.9 cm³/mol. The smallest absolute Gasteiger partial charge is 0.399 e. The molecule has 0 aliphatic carbocycles. The molecule has 0 radical (unpaired) electrons. The van der Waals surface area contributed by atoms with Gasteiger partial charge in [0.2, 0.25) is 0 Å². The fourth-order valence-electron chi connectivity index (χ4n) is 1.82. The first-order valence-electron chi connectivity index (χ1n) is 5.92. The molecule has 6 heteroatoms. The Bertz CT molecular complexity index is 550. The first-order chi connectivity index (χ1) is 8.68. The number of halogens is 2. The Morgan fingerprint density at radius 2 is 1.53 bits per heavy atom. The van der Waals surface area contributed by atoms with E-state index < -0.39 is 18.3 Å². The van der Waals surface area contributed by atoms with Crippen LogP contribution in [0.4, 0.5) is 0 Å². The Hall–Kier alpha value is -0.725. The van der Waals surface area contributed by atoms with Crippen LogP contribution in [0.3, 0.4) is 0 Å². The van der Waals surface area contributed by atoms with Crippen molar-refractivity contribution in [3.63, 3.8) is 0 Å². The van der Waals surface area contributed by atoms with E-state index in [0.29, 0.717) is 21.1 Å². The molecule has 0 spiro atoms. The minimum Gasteiger partial charge on any atom is -0.399 e. The zero-order valence-corrected chi connectivity index (χ0v) is 12.8. The molecular weight excluding hydrogens is 284 g/mol. The van der Waals surface area contributed by atoms with E-state index in [1.165, 1.54) is 6.07 Å². The Labute approximate surface area is 123 Å². The highest BCUT2D eigenvalue weighted by Crippen LogP contribution is 2.37. The highest BCUT2D eigenvalue weighted by molar-refractivity contribution is 6.63. The Morgan fingerprint density at radius 1 is 1.05 bits per heavy atom. The maximum atomic E-state index is 9.19. The fraction of sp³-hybridized carbons (Fsp3) is 0.462. The van der Waals surface area contributed by atoms with Crippen molar-refractivity contribution in [2.75, 3.05) is 0 Å². The molecule has 1 aliphatic rings. The molecule has 19 heavy (non-hydrogen) atoms. The van der Waals surface area contributed by atoms with Gasteiger partial charge in [0.15, 0.2) is 0 Å². The summed E-state index contributed by atoms with van der Waals surface area (Å²) in [6.07, 6.45) is 0. The van der Waals surface area contributed by atoms with Gasteiger partial charge in [0.05, 0.1) is 32.9 Å². The van der Waals surface area contributed by atoms with Crippen molar-refractivity contribution < 1.29 is 9.31 Å². The summed E-state index contributed by atoms with van der Waals surface area (Å²) in [5.74, 6) is 0. The van der Waals surface area contributed by atoms with Crippen LogP contribution in [0, 0.1) is 11.3 Å². The lowest BCUT2D eigenvalue weighted by molar-refractivity contribution is 0.00578. The van der Waals surface area contributed by atoms with Crippen LogP contribution in [0.2, 0.25) is 10.0 Å². The Kier molecular flexibility index (Phi) is 3.61. The van der Waals surface area contributed by atoms with Crippen molar-refractivity contribution in [2.24, 2.45) is 0 Å². The Balaban J connectivity index is 2.45. The van der Waals surface area contributed by atoms with Crippen molar-refractivity contribution in [1.29, 1.82) is 5.26 Å². The van der Waals surface area contributed by atoms with Crippen LogP contribution in [0.5, 0.6) is 0 Å². The normalized spacial score (nSPS) is 20.4. The van der Waals surface area contributed by atoms with E-state index in [1.807, 2.05) is 27.7 Å². The summed E-state index contributed by atoms with van der Waals surface area (Å²) in [5.41, 5.74) is 0.0935. The quantitative estimate of drug-likeness (QED) is 0.748. The third kappa shape index (κ3) is 2.48. The summed E-state index contributed by atoms with van der Waals surface area (Å²) in [5, 5.41) is 9.92. The highest BCUT2D eigenvalue weighted by Gasteiger charge is 2.52. The van der Waals surface area contributed by atoms with E-state index >= 15 is 0 Å². The first kappa shape index (κ1) is 14.7. The average molecular weight is 298 g/mol. The number of rotatable bonds is 1. The summed E-state index contributed by atoms with van der Waals surface area (Å²) < 4.78 is 11.8. The van der Waals surface area contributed by atoms with Gasteiger partial charge in [-0.3, -0.25) is 0 Å². The maximum Gasteiger partial charge on any atom is 0.496 e.